The summed E-state index contributed by atoms with van der Waals surface area (Å²) in [6.07, 6.45) is 3.86. The Kier molecular flexibility index (Phi) is 3.72. The Balaban J connectivity index is 1.81. The van der Waals surface area contributed by atoms with Gasteiger partial charge in [-0.1, -0.05) is 0 Å². The Morgan fingerprint density at radius 2 is 2.04 bits per heavy atom. The molecular weight excluding hydrogens is 362 g/mol. The summed E-state index contributed by atoms with van der Waals surface area (Å²) in [6.45, 7) is 4.22. The normalized spacial score (nSPS) is 21.3. The predicted molar refractivity (Wildman–Crippen MR) is 105 cm³/mol. The molecule has 0 fully saturated rings. The third-order valence-corrected chi connectivity index (χ3v) is 6.10. The van der Waals surface area contributed by atoms with E-state index >= 15 is 0 Å². The van der Waals surface area contributed by atoms with Crippen LogP contribution in [0.25, 0.3) is 6.08 Å². The highest BCUT2D eigenvalue weighted by Crippen LogP contribution is 2.54. The molecule has 27 heavy (non-hydrogen) atoms. The molecule has 0 saturated carbocycles. The van der Waals surface area contributed by atoms with Gasteiger partial charge in [-0.25, -0.2) is 0 Å². The summed E-state index contributed by atoms with van der Waals surface area (Å²) in [5.41, 5.74) is 1.71. The molecule has 0 aromatic heterocycles. The number of benzene rings is 2. The number of thioether (sulfide) groups is 1. The molecule has 1 unspecified atom stereocenters. The van der Waals surface area contributed by atoms with Crippen molar-refractivity contribution in [3.63, 3.8) is 0 Å². The first kappa shape index (κ1) is 17.4. The van der Waals surface area contributed by atoms with Gasteiger partial charge < -0.3 is 9.64 Å². The van der Waals surface area contributed by atoms with E-state index in [9.17, 15) is 10.1 Å². The van der Waals surface area contributed by atoms with Crippen molar-refractivity contribution in [3.8, 4) is 11.2 Å². The van der Waals surface area contributed by atoms with E-state index in [0.717, 1.165) is 27.9 Å². The zero-order chi connectivity index (χ0) is 19.4. The van der Waals surface area contributed by atoms with E-state index in [-0.39, 0.29) is 5.69 Å². The first-order valence-corrected chi connectivity index (χ1v) is 9.23. The van der Waals surface area contributed by atoms with E-state index in [2.05, 4.69) is 24.1 Å². The van der Waals surface area contributed by atoms with Gasteiger partial charge in [0.25, 0.3) is 5.69 Å². The lowest BCUT2D eigenvalue weighted by Crippen LogP contribution is -2.58. The molecule has 1 atom stereocenters. The molecule has 2 aliphatic rings. The van der Waals surface area contributed by atoms with Crippen molar-refractivity contribution in [1.82, 2.24) is 0 Å². The maximum Gasteiger partial charge on any atom is 0.270 e. The van der Waals surface area contributed by atoms with Crippen LogP contribution in [0.2, 0.25) is 0 Å². The summed E-state index contributed by atoms with van der Waals surface area (Å²) >= 11 is 1.14. The number of nitriles is 1. The number of nitro groups is 1. The number of nitrogens with zero attached hydrogens (tertiary/aromatic N) is 3. The molecular formula is C20H17N3O3S. The van der Waals surface area contributed by atoms with E-state index in [4.69, 9.17) is 10.00 Å². The number of thiocyanates is 1. The monoisotopic (exact) mass is 379 g/mol. The molecule has 6 nitrogen and oxygen atoms in total. The van der Waals surface area contributed by atoms with Crippen LogP contribution in [0.4, 0.5) is 11.4 Å². The first-order valence-electron chi connectivity index (χ1n) is 8.41. The number of hydrogen-bond donors (Lipinski definition) is 0. The number of hydrogen-bond acceptors (Lipinski definition) is 6. The second kappa shape index (κ2) is 5.76. The van der Waals surface area contributed by atoms with E-state index in [1.165, 1.54) is 12.1 Å². The molecule has 0 radical (unpaired) electrons. The van der Waals surface area contributed by atoms with Crippen molar-refractivity contribution in [1.29, 1.82) is 5.26 Å². The van der Waals surface area contributed by atoms with Gasteiger partial charge in [-0.2, -0.15) is 5.26 Å². The molecule has 0 N–H and O–H groups in total. The summed E-state index contributed by atoms with van der Waals surface area (Å²) < 4.78 is 6.47. The third-order valence-electron chi connectivity index (χ3n) is 5.52. The van der Waals surface area contributed by atoms with Crippen LogP contribution in [-0.4, -0.2) is 17.7 Å². The van der Waals surface area contributed by atoms with E-state index < -0.39 is 16.1 Å². The average Bonchev–Trinajstić information content (AvgIpc) is 2.80. The van der Waals surface area contributed by atoms with Gasteiger partial charge in [-0.15, -0.1) is 0 Å². The molecule has 0 amide bonds. The second-order valence-corrected chi connectivity index (χ2v) is 8.03. The van der Waals surface area contributed by atoms with Gasteiger partial charge in [0.2, 0.25) is 5.72 Å². The summed E-state index contributed by atoms with van der Waals surface area (Å²) in [4.78, 5) is 13.6. The van der Waals surface area contributed by atoms with E-state index in [1.807, 2.05) is 37.4 Å². The molecule has 0 aliphatic carbocycles. The van der Waals surface area contributed by atoms with Crippen molar-refractivity contribution < 1.29 is 9.66 Å². The van der Waals surface area contributed by atoms with Crippen LogP contribution in [0.1, 0.15) is 25.0 Å². The lowest BCUT2D eigenvalue weighted by atomic mass is 9.76. The fraction of sp³-hybridized carbons (Fsp3) is 0.250. The van der Waals surface area contributed by atoms with Crippen LogP contribution in [0, 0.1) is 20.8 Å². The van der Waals surface area contributed by atoms with Crippen LogP contribution in [0.5, 0.6) is 5.75 Å². The fourth-order valence-electron chi connectivity index (χ4n) is 4.01. The number of non-ortho nitro benzene ring substituents is 1. The van der Waals surface area contributed by atoms with Crippen LogP contribution < -0.4 is 9.64 Å². The topological polar surface area (TPSA) is 79.4 Å². The minimum Gasteiger partial charge on any atom is -0.463 e. The SMILES string of the molecule is CN1c2ccc(SC#N)cc2C(C)(C)C12C=Cc1cc([N+](=O)[O-])ccc1O2. The molecule has 0 saturated heterocycles. The number of likely N-dealkylation sites (N-methyl/N-ethyl adjacent to an activating group) is 1. The van der Waals surface area contributed by atoms with Crippen molar-refractivity contribution in [2.24, 2.45) is 0 Å². The molecule has 2 heterocycles. The Morgan fingerprint density at radius 3 is 2.74 bits per heavy atom. The standard InChI is InChI=1S/C20H17N3O3S/c1-19(2)16-11-15(27-12-21)5-6-17(16)22(3)20(19)9-8-13-10-14(23(24)25)4-7-18(13)26-20/h4-11H,1-3H3. The van der Waals surface area contributed by atoms with Gasteiger partial charge in [0.1, 0.15) is 11.2 Å². The highest BCUT2D eigenvalue weighted by molar-refractivity contribution is 8.03. The zero-order valence-electron chi connectivity index (χ0n) is 15.1. The van der Waals surface area contributed by atoms with Gasteiger partial charge in [-0.3, -0.25) is 10.1 Å². The second-order valence-electron chi connectivity index (χ2n) is 7.17. The molecule has 2 aromatic carbocycles. The Hall–Kier alpha value is -2.98. The third kappa shape index (κ3) is 2.33. The molecule has 4 rings (SSSR count). The Morgan fingerprint density at radius 1 is 1.26 bits per heavy atom. The van der Waals surface area contributed by atoms with Crippen molar-refractivity contribution >= 4 is 29.2 Å². The molecule has 7 heteroatoms. The summed E-state index contributed by atoms with van der Waals surface area (Å²) in [7, 11) is 1.98. The quantitative estimate of drug-likeness (QED) is 0.326. The summed E-state index contributed by atoms with van der Waals surface area (Å²) in [5, 5.41) is 22.1. The zero-order valence-corrected chi connectivity index (χ0v) is 15.9. The molecule has 2 aromatic rings. The lowest BCUT2D eigenvalue weighted by Gasteiger charge is -2.45. The van der Waals surface area contributed by atoms with Crippen molar-refractivity contribution in [2.75, 3.05) is 11.9 Å². The number of anilines is 1. The number of rotatable bonds is 2. The van der Waals surface area contributed by atoms with Crippen LogP contribution >= 0.6 is 11.8 Å². The molecule has 0 bridgehead atoms. The summed E-state index contributed by atoms with van der Waals surface area (Å²) in [5.74, 6) is 0.613. The van der Waals surface area contributed by atoms with Crippen molar-refractivity contribution in [3.05, 3.63) is 63.7 Å². The van der Waals surface area contributed by atoms with Crippen molar-refractivity contribution in [2.45, 2.75) is 29.9 Å². The number of nitro benzene ring substituents is 1. The maximum absolute atomic E-state index is 11.0. The largest absolute Gasteiger partial charge is 0.463 e. The maximum atomic E-state index is 11.0. The molecule has 1 spiro atoms. The van der Waals surface area contributed by atoms with Gasteiger partial charge in [-0.05, 0) is 67.6 Å². The Bertz CT molecular complexity index is 1040. The first-order chi connectivity index (χ1) is 12.8. The van der Waals surface area contributed by atoms with Gasteiger partial charge in [0, 0.05) is 35.3 Å². The fourth-order valence-corrected chi connectivity index (χ4v) is 4.43. The van der Waals surface area contributed by atoms with Crippen LogP contribution in [-0.2, 0) is 5.41 Å². The van der Waals surface area contributed by atoms with Gasteiger partial charge in [0.05, 0.1) is 10.3 Å². The smallest absolute Gasteiger partial charge is 0.270 e. The highest BCUT2D eigenvalue weighted by Gasteiger charge is 2.57. The minimum absolute atomic E-state index is 0.0402. The minimum atomic E-state index is -0.756. The number of ether oxygens (including phenoxy) is 1. The molecule has 136 valence electrons. The molecule has 2 aliphatic heterocycles. The van der Waals surface area contributed by atoms with Gasteiger partial charge in [0.15, 0.2) is 0 Å². The van der Waals surface area contributed by atoms with E-state index in [1.54, 1.807) is 6.07 Å². The van der Waals surface area contributed by atoms with Crippen LogP contribution in [0.15, 0.2) is 47.4 Å². The average molecular weight is 379 g/mol. The van der Waals surface area contributed by atoms with E-state index in [0.29, 0.717) is 11.3 Å². The van der Waals surface area contributed by atoms with Gasteiger partial charge >= 0.3 is 0 Å². The lowest BCUT2D eigenvalue weighted by molar-refractivity contribution is -0.384. The predicted octanol–water partition coefficient (Wildman–Crippen LogP) is 4.70. The summed E-state index contributed by atoms with van der Waals surface area (Å²) in [6, 6.07) is 10.6. The Labute approximate surface area is 161 Å². The van der Waals surface area contributed by atoms with Crippen LogP contribution in [0.3, 0.4) is 0 Å². The number of fused-ring (bicyclic) bond motifs is 2. The highest BCUT2D eigenvalue weighted by atomic mass is 32.2.